The van der Waals surface area contributed by atoms with Gasteiger partial charge in [-0.15, -0.1) is 11.3 Å². The lowest BCUT2D eigenvalue weighted by atomic mass is 9.96. The minimum atomic E-state index is -0.0163. The molecule has 2 heterocycles. The highest BCUT2D eigenvalue weighted by Crippen LogP contribution is 2.24. The molecule has 0 aliphatic carbocycles. The fourth-order valence-electron chi connectivity index (χ4n) is 2.15. The lowest BCUT2D eigenvalue weighted by molar-refractivity contribution is -0.122. The van der Waals surface area contributed by atoms with E-state index in [1.807, 2.05) is 12.1 Å². The van der Waals surface area contributed by atoms with Gasteiger partial charge in [0.25, 0.3) is 0 Å². The summed E-state index contributed by atoms with van der Waals surface area (Å²) in [6.07, 6.45) is 1.54. The Kier molecular flexibility index (Phi) is 5.18. The van der Waals surface area contributed by atoms with Gasteiger partial charge in [0.2, 0.25) is 0 Å². The Hall–Kier alpha value is -0.420. The van der Waals surface area contributed by atoms with Crippen molar-refractivity contribution in [1.82, 2.24) is 5.32 Å². The van der Waals surface area contributed by atoms with E-state index in [0.29, 0.717) is 19.6 Å². The van der Waals surface area contributed by atoms with Crippen LogP contribution in [-0.4, -0.2) is 31.6 Å². The Labute approximate surface area is 116 Å². The third kappa shape index (κ3) is 3.54. The van der Waals surface area contributed by atoms with Gasteiger partial charge >= 0.3 is 0 Å². The molecular formula is C13H18ClNO2S. The Morgan fingerprint density at radius 1 is 1.56 bits per heavy atom. The highest BCUT2D eigenvalue weighted by atomic mass is 35.5. The monoisotopic (exact) mass is 287 g/mol. The van der Waals surface area contributed by atoms with Crippen LogP contribution >= 0.6 is 22.9 Å². The van der Waals surface area contributed by atoms with E-state index in [1.165, 1.54) is 11.3 Å². The van der Waals surface area contributed by atoms with Crippen molar-refractivity contribution in [2.24, 2.45) is 5.92 Å². The molecule has 0 spiro atoms. The summed E-state index contributed by atoms with van der Waals surface area (Å²) >= 11 is 7.35. The van der Waals surface area contributed by atoms with E-state index in [9.17, 15) is 4.79 Å². The number of hydrogen-bond donors (Lipinski definition) is 1. The van der Waals surface area contributed by atoms with E-state index in [0.717, 1.165) is 22.2 Å². The highest BCUT2D eigenvalue weighted by molar-refractivity contribution is 7.16. The van der Waals surface area contributed by atoms with Crippen molar-refractivity contribution in [2.75, 3.05) is 19.8 Å². The van der Waals surface area contributed by atoms with Gasteiger partial charge < -0.3 is 10.1 Å². The Bertz CT molecular complexity index is 407. The smallest absolute Gasteiger partial charge is 0.145 e. The van der Waals surface area contributed by atoms with Crippen molar-refractivity contribution < 1.29 is 9.53 Å². The maximum Gasteiger partial charge on any atom is 0.145 e. The molecule has 100 valence electrons. The number of Topliss-reactive ketones (excluding diaryl/α,β-unsaturated/α-hetero) is 1. The summed E-state index contributed by atoms with van der Waals surface area (Å²) in [6.45, 7) is 4.23. The van der Waals surface area contributed by atoms with Crippen LogP contribution in [0.15, 0.2) is 12.1 Å². The van der Waals surface area contributed by atoms with Crippen molar-refractivity contribution in [3.8, 4) is 0 Å². The van der Waals surface area contributed by atoms with Gasteiger partial charge in [0, 0.05) is 17.3 Å². The SMILES string of the molecule is CCCNC1COCC1C(=O)Cc1ccc(Cl)s1. The number of ether oxygens (including phenoxy) is 1. The number of ketones is 1. The predicted octanol–water partition coefficient (Wildman–Crippen LogP) is 2.53. The molecule has 1 aliphatic rings. The molecule has 5 heteroatoms. The summed E-state index contributed by atoms with van der Waals surface area (Å²) in [5, 5.41) is 3.38. The van der Waals surface area contributed by atoms with E-state index in [1.54, 1.807) is 0 Å². The minimum absolute atomic E-state index is 0.0163. The Morgan fingerprint density at radius 2 is 2.39 bits per heavy atom. The molecule has 1 N–H and O–H groups in total. The van der Waals surface area contributed by atoms with Crippen molar-refractivity contribution in [3.63, 3.8) is 0 Å². The van der Waals surface area contributed by atoms with Crippen LogP contribution in [-0.2, 0) is 16.0 Å². The van der Waals surface area contributed by atoms with Crippen molar-refractivity contribution in [1.29, 1.82) is 0 Å². The maximum absolute atomic E-state index is 12.2. The van der Waals surface area contributed by atoms with Crippen molar-refractivity contribution in [2.45, 2.75) is 25.8 Å². The summed E-state index contributed by atoms with van der Waals surface area (Å²) in [6, 6.07) is 3.94. The van der Waals surface area contributed by atoms with Crippen LogP contribution in [0.3, 0.4) is 0 Å². The zero-order valence-electron chi connectivity index (χ0n) is 10.4. The zero-order valence-corrected chi connectivity index (χ0v) is 12.0. The van der Waals surface area contributed by atoms with Crippen LogP contribution in [0.2, 0.25) is 4.34 Å². The van der Waals surface area contributed by atoms with Crippen LogP contribution in [0.5, 0.6) is 0 Å². The van der Waals surface area contributed by atoms with Gasteiger partial charge in [0.05, 0.1) is 23.5 Å². The second-order valence-corrected chi connectivity index (χ2v) is 6.35. The third-order valence-electron chi connectivity index (χ3n) is 3.13. The first-order valence-electron chi connectivity index (χ1n) is 6.28. The van der Waals surface area contributed by atoms with Crippen LogP contribution in [0.25, 0.3) is 0 Å². The van der Waals surface area contributed by atoms with Crippen molar-refractivity contribution >= 4 is 28.7 Å². The van der Waals surface area contributed by atoms with Crippen LogP contribution in [0, 0.1) is 5.92 Å². The van der Waals surface area contributed by atoms with Gasteiger partial charge in [-0.1, -0.05) is 18.5 Å². The Morgan fingerprint density at radius 3 is 3.06 bits per heavy atom. The van der Waals surface area contributed by atoms with E-state index < -0.39 is 0 Å². The average Bonchev–Trinajstić information content (AvgIpc) is 2.95. The average molecular weight is 288 g/mol. The number of hydrogen-bond acceptors (Lipinski definition) is 4. The predicted molar refractivity (Wildman–Crippen MR) is 74.4 cm³/mol. The molecular weight excluding hydrogens is 270 g/mol. The standard InChI is InChI=1S/C13H18ClNO2S/c1-2-5-15-11-8-17-7-10(11)12(16)6-9-3-4-13(14)18-9/h3-4,10-11,15H,2,5-8H2,1H3. The van der Waals surface area contributed by atoms with Gasteiger partial charge in [-0.05, 0) is 25.1 Å². The fraction of sp³-hybridized carbons (Fsp3) is 0.615. The molecule has 1 saturated heterocycles. The molecule has 1 aliphatic heterocycles. The second kappa shape index (κ2) is 6.66. The molecule has 0 radical (unpaired) electrons. The number of carbonyl (C=O) groups is 1. The molecule has 2 rings (SSSR count). The van der Waals surface area contributed by atoms with Gasteiger partial charge in [-0.3, -0.25) is 4.79 Å². The number of carbonyl (C=O) groups excluding carboxylic acids is 1. The Balaban J connectivity index is 1.91. The second-order valence-electron chi connectivity index (χ2n) is 4.55. The molecule has 2 atom stereocenters. The molecule has 0 bridgehead atoms. The number of thiophene rings is 1. The van der Waals surface area contributed by atoms with E-state index in [4.69, 9.17) is 16.3 Å². The van der Waals surface area contributed by atoms with Crippen LogP contribution < -0.4 is 5.32 Å². The molecule has 0 amide bonds. The first kappa shape index (κ1) is 14.0. The largest absolute Gasteiger partial charge is 0.379 e. The van der Waals surface area contributed by atoms with E-state index in [2.05, 4.69) is 12.2 Å². The minimum Gasteiger partial charge on any atom is -0.379 e. The van der Waals surface area contributed by atoms with Crippen LogP contribution in [0.1, 0.15) is 18.2 Å². The molecule has 1 aromatic heterocycles. The normalized spacial score (nSPS) is 23.4. The lowest BCUT2D eigenvalue weighted by Crippen LogP contribution is -2.40. The summed E-state index contributed by atoms with van der Waals surface area (Å²) < 4.78 is 6.16. The molecule has 1 fully saturated rings. The summed E-state index contributed by atoms with van der Waals surface area (Å²) in [7, 11) is 0. The number of nitrogens with one attached hydrogen (secondary N) is 1. The van der Waals surface area contributed by atoms with Gasteiger partial charge in [-0.2, -0.15) is 0 Å². The highest BCUT2D eigenvalue weighted by Gasteiger charge is 2.33. The maximum atomic E-state index is 12.2. The van der Waals surface area contributed by atoms with E-state index >= 15 is 0 Å². The van der Waals surface area contributed by atoms with Crippen molar-refractivity contribution in [3.05, 3.63) is 21.3 Å². The van der Waals surface area contributed by atoms with E-state index in [-0.39, 0.29) is 17.7 Å². The number of halogens is 1. The summed E-state index contributed by atoms with van der Waals surface area (Å²) in [5.74, 6) is 0.233. The third-order valence-corrected chi connectivity index (χ3v) is 4.36. The summed E-state index contributed by atoms with van der Waals surface area (Å²) in [5.41, 5.74) is 0. The molecule has 2 unspecified atom stereocenters. The first-order valence-corrected chi connectivity index (χ1v) is 7.48. The molecule has 0 aromatic carbocycles. The van der Waals surface area contributed by atoms with Gasteiger partial charge in [0.1, 0.15) is 5.78 Å². The molecule has 18 heavy (non-hydrogen) atoms. The molecule has 0 saturated carbocycles. The first-order chi connectivity index (χ1) is 8.70. The lowest BCUT2D eigenvalue weighted by Gasteiger charge is -2.17. The fourth-order valence-corrected chi connectivity index (χ4v) is 3.25. The van der Waals surface area contributed by atoms with Gasteiger partial charge in [-0.25, -0.2) is 0 Å². The molecule has 1 aromatic rings. The summed E-state index contributed by atoms with van der Waals surface area (Å²) in [4.78, 5) is 13.3. The number of rotatable bonds is 6. The molecule has 3 nitrogen and oxygen atoms in total. The quantitative estimate of drug-likeness (QED) is 0.874. The van der Waals surface area contributed by atoms with Crippen LogP contribution in [0.4, 0.5) is 0 Å². The zero-order chi connectivity index (χ0) is 13.0. The topological polar surface area (TPSA) is 38.3 Å². The van der Waals surface area contributed by atoms with Gasteiger partial charge in [0.15, 0.2) is 0 Å².